The predicted molar refractivity (Wildman–Crippen MR) is 119 cm³/mol. The molecular weight excluding hydrogens is 380 g/mol. The molecule has 1 aromatic heterocycles. The zero-order valence-electron chi connectivity index (χ0n) is 16.9. The molecule has 150 valence electrons. The van der Waals surface area contributed by atoms with Crippen molar-refractivity contribution in [1.82, 2.24) is 14.5 Å². The third-order valence-corrected chi connectivity index (χ3v) is 6.41. The molecule has 4 rings (SSSR count). The molecule has 0 aliphatic carbocycles. The molecule has 3 aromatic rings. The molecule has 0 atom stereocenters. The van der Waals surface area contributed by atoms with Crippen molar-refractivity contribution < 1.29 is 4.79 Å². The van der Waals surface area contributed by atoms with E-state index in [4.69, 9.17) is 0 Å². The summed E-state index contributed by atoms with van der Waals surface area (Å²) < 4.78 is 2.05. The smallest absolute Gasteiger partial charge is 0.233 e. The molecule has 29 heavy (non-hydrogen) atoms. The lowest BCUT2D eigenvalue weighted by Gasteiger charge is -2.36. The van der Waals surface area contributed by atoms with Crippen LogP contribution in [0.1, 0.15) is 11.1 Å². The number of benzene rings is 2. The second kappa shape index (κ2) is 8.74. The van der Waals surface area contributed by atoms with E-state index < -0.39 is 0 Å². The number of para-hydroxylation sites is 1. The molecule has 1 fully saturated rings. The van der Waals surface area contributed by atoms with Gasteiger partial charge in [-0.05, 0) is 49.2 Å². The van der Waals surface area contributed by atoms with Crippen molar-refractivity contribution in [1.29, 1.82) is 0 Å². The zero-order valence-corrected chi connectivity index (χ0v) is 17.7. The number of rotatable bonds is 5. The summed E-state index contributed by atoms with van der Waals surface area (Å²) >= 11 is 1.50. The van der Waals surface area contributed by atoms with Crippen LogP contribution in [0.15, 0.2) is 66.1 Å². The average molecular weight is 407 g/mol. The molecule has 0 radical (unpaired) electrons. The molecule has 0 unspecified atom stereocenters. The molecule has 2 heterocycles. The SMILES string of the molecule is Cc1ccc(-n2ccnc2SCC(=O)N2CCN(c3ccccc3)CC2)cc1C. The van der Waals surface area contributed by atoms with E-state index in [2.05, 4.69) is 70.8 Å². The van der Waals surface area contributed by atoms with Crippen LogP contribution >= 0.6 is 11.8 Å². The summed E-state index contributed by atoms with van der Waals surface area (Å²) in [6.07, 6.45) is 3.75. The number of hydrogen-bond donors (Lipinski definition) is 0. The molecular formula is C23H26N4OS. The van der Waals surface area contributed by atoms with Gasteiger partial charge in [-0.15, -0.1) is 0 Å². The van der Waals surface area contributed by atoms with E-state index >= 15 is 0 Å². The lowest BCUT2D eigenvalue weighted by atomic mass is 10.1. The van der Waals surface area contributed by atoms with Crippen LogP contribution in [0.4, 0.5) is 5.69 Å². The van der Waals surface area contributed by atoms with E-state index in [1.54, 1.807) is 6.20 Å². The van der Waals surface area contributed by atoms with Crippen LogP contribution in [-0.4, -0.2) is 52.3 Å². The summed E-state index contributed by atoms with van der Waals surface area (Å²) in [5, 5.41) is 0.851. The number of carbonyl (C=O) groups excluding carboxylic acids is 1. The highest BCUT2D eigenvalue weighted by molar-refractivity contribution is 7.99. The van der Waals surface area contributed by atoms with Gasteiger partial charge in [-0.25, -0.2) is 4.98 Å². The third-order valence-electron chi connectivity index (χ3n) is 5.45. The maximum Gasteiger partial charge on any atom is 0.233 e. The second-order valence-corrected chi connectivity index (χ2v) is 8.28. The van der Waals surface area contributed by atoms with Crippen LogP contribution < -0.4 is 4.90 Å². The van der Waals surface area contributed by atoms with Crippen molar-refractivity contribution in [2.45, 2.75) is 19.0 Å². The van der Waals surface area contributed by atoms with Crippen LogP contribution in [0.3, 0.4) is 0 Å². The highest BCUT2D eigenvalue weighted by Gasteiger charge is 2.21. The van der Waals surface area contributed by atoms with Gasteiger partial charge in [-0.3, -0.25) is 9.36 Å². The molecule has 0 saturated carbocycles. The van der Waals surface area contributed by atoms with E-state index in [1.807, 2.05) is 17.2 Å². The lowest BCUT2D eigenvalue weighted by Crippen LogP contribution is -2.49. The van der Waals surface area contributed by atoms with Gasteiger partial charge >= 0.3 is 0 Å². The van der Waals surface area contributed by atoms with Crippen molar-refractivity contribution in [3.8, 4) is 5.69 Å². The quantitative estimate of drug-likeness (QED) is 0.602. The van der Waals surface area contributed by atoms with Crippen molar-refractivity contribution >= 4 is 23.4 Å². The summed E-state index contributed by atoms with van der Waals surface area (Å²) in [4.78, 5) is 21.5. The Hall–Kier alpha value is -2.73. The molecule has 1 aliphatic rings. The van der Waals surface area contributed by atoms with Crippen LogP contribution in [0.25, 0.3) is 5.69 Å². The Labute approximate surface area is 176 Å². The number of anilines is 1. The molecule has 2 aromatic carbocycles. The fourth-order valence-electron chi connectivity index (χ4n) is 3.54. The lowest BCUT2D eigenvalue weighted by molar-refractivity contribution is -0.128. The number of nitrogens with zero attached hydrogens (tertiary/aromatic N) is 4. The fourth-order valence-corrected chi connectivity index (χ4v) is 4.41. The van der Waals surface area contributed by atoms with E-state index in [9.17, 15) is 4.79 Å². The number of piperazine rings is 1. The van der Waals surface area contributed by atoms with Crippen molar-refractivity contribution in [3.05, 3.63) is 72.1 Å². The first-order valence-corrected chi connectivity index (χ1v) is 10.9. The molecule has 1 amide bonds. The Balaban J connectivity index is 1.34. The standard InChI is InChI=1S/C23H26N4OS/c1-18-8-9-21(16-19(18)2)27-11-10-24-23(27)29-17-22(28)26-14-12-25(13-15-26)20-6-4-3-5-7-20/h3-11,16H,12-15,17H2,1-2H3. The summed E-state index contributed by atoms with van der Waals surface area (Å²) in [5.74, 6) is 0.588. The molecule has 6 heteroatoms. The number of thioether (sulfide) groups is 1. The minimum atomic E-state index is 0.178. The van der Waals surface area contributed by atoms with Crippen molar-refractivity contribution in [3.63, 3.8) is 0 Å². The Morgan fingerprint density at radius 3 is 2.45 bits per heavy atom. The molecule has 5 nitrogen and oxygen atoms in total. The van der Waals surface area contributed by atoms with Gasteiger partial charge in [0.1, 0.15) is 0 Å². The highest BCUT2D eigenvalue weighted by Crippen LogP contribution is 2.23. The highest BCUT2D eigenvalue weighted by atomic mass is 32.2. The van der Waals surface area contributed by atoms with E-state index in [-0.39, 0.29) is 5.91 Å². The first kappa shape index (κ1) is 19.6. The molecule has 1 saturated heterocycles. The maximum atomic E-state index is 12.7. The van der Waals surface area contributed by atoms with Gasteiger partial charge in [0.05, 0.1) is 5.75 Å². The number of aromatic nitrogens is 2. The Morgan fingerprint density at radius 1 is 0.966 bits per heavy atom. The number of hydrogen-bond acceptors (Lipinski definition) is 4. The van der Waals surface area contributed by atoms with Crippen LogP contribution in [0.5, 0.6) is 0 Å². The fraction of sp³-hybridized carbons (Fsp3) is 0.304. The summed E-state index contributed by atoms with van der Waals surface area (Å²) in [6, 6.07) is 16.8. The number of carbonyl (C=O) groups is 1. The van der Waals surface area contributed by atoms with Gasteiger partial charge in [0.25, 0.3) is 0 Å². The van der Waals surface area contributed by atoms with Gasteiger partial charge in [0.15, 0.2) is 5.16 Å². The molecule has 0 N–H and O–H groups in total. The van der Waals surface area contributed by atoms with E-state index in [1.165, 1.54) is 28.6 Å². The van der Waals surface area contributed by atoms with Gasteiger partial charge in [0, 0.05) is 49.9 Å². The van der Waals surface area contributed by atoms with E-state index in [0.717, 1.165) is 37.0 Å². The van der Waals surface area contributed by atoms with Crippen molar-refractivity contribution in [2.24, 2.45) is 0 Å². The second-order valence-electron chi connectivity index (χ2n) is 7.34. The maximum absolute atomic E-state index is 12.7. The predicted octanol–water partition coefficient (Wildman–Crippen LogP) is 3.93. The topological polar surface area (TPSA) is 41.4 Å². The summed E-state index contributed by atoms with van der Waals surface area (Å²) in [6.45, 7) is 7.50. The van der Waals surface area contributed by atoms with E-state index in [0.29, 0.717) is 5.75 Å². The normalized spacial score (nSPS) is 14.3. The van der Waals surface area contributed by atoms with Crippen LogP contribution in [0, 0.1) is 13.8 Å². The largest absolute Gasteiger partial charge is 0.368 e. The van der Waals surface area contributed by atoms with Gasteiger partial charge in [-0.2, -0.15) is 0 Å². The first-order valence-electron chi connectivity index (χ1n) is 9.93. The summed E-state index contributed by atoms with van der Waals surface area (Å²) in [7, 11) is 0. The molecule has 1 aliphatic heterocycles. The molecule has 0 bridgehead atoms. The zero-order chi connectivity index (χ0) is 20.2. The minimum absolute atomic E-state index is 0.178. The number of aryl methyl sites for hydroxylation is 2. The monoisotopic (exact) mass is 406 g/mol. The van der Waals surface area contributed by atoms with Crippen LogP contribution in [-0.2, 0) is 4.79 Å². The average Bonchev–Trinajstić information content (AvgIpc) is 3.23. The third kappa shape index (κ3) is 4.48. The van der Waals surface area contributed by atoms with Crippen LogP contribution in [0.2, 0.25) is 0 Å². The minimum Gasteiger partial charge on any atom is -0.368 e. The Bertz CT molecular complexity index is 978. The summed E-state index contributed by atoms with van der Waals surface area (Å²) in [5.41, 5.74) is 4.83. The van der Waals surface area contributed by atoms with Gasteiger partial charge in [0.2, 0.25) is 5.91 Å². The van der Waals surface area contributed by atoms with Gasteiger partial charge < -0.3 is 9.80 Å². The number of amides is 1. The van der Waals surface area contributed by atoms with Gasteiger partial charge in [-0.1, -0.05) is 36.0 Å². The molecule has 0 spiro atoms. The Kier molecular flexibility index (Phi) is 5.90. The number of imidazole rings is 1. The van der Waals surface area contributed by atoms with Crippen molar-refractivity contribution in [2.75, 3.05) is 36.8 Å². The Morgan fingerprint density at radius 2 is 1.72 bits per heavy atom. The first-order chi connectivity index (χ1) is 14.1.